The topological polar surface area (TPSA) is 75.9 Å². The first kappa shape index (κ1) is 14.7. The van der Waals surface area contributed by atoms with E-state index in [2.05, 4.69) is 41.5 Å². The van der Waals surface area contributed by atoms with E-state index in [4.69, 9.17) is 5.84 Å². The van der Waals surface area contributed by atoms with Crippen LogP contribution in [0.2, 0.25) is 0 Å². The van der Waals surface area contributed by atoms with E-state index >= 15 is 0 Å². The van der Waals surface area contributed by atoms with Crippen molar-refractivity contribution < 1.29 is 0 Å². The van der Waals surface area contributed by atoms with Crippen LogP contribution in [0.3, 0.4) is 0 Å². The Morgan fingerprint density at radius 2 is 2.00 bits per heavy atom. The van der Waals surface area contributed by atoms with Crippen molar-refractivity contribution in [1.82, 2.24) is 9.97 Å². The second-order valence-corrected chi connectivity index (χ2v) is 5.24. The fourth-order valence-electron chi connectivity index (χ4n) is 1.80. The first-order chi connectivity index (χ1) is 8.52. The van der Waals surface area contributed by atoms with Gasteiger partial charge in [0.05, 0.1) is 0 Å². The first-order valence-corrected chi connectivity index (χ1v) is 6.59. The molecule has 0 radical (unpaired) electrons. The SMILES string of the molecule is Cc1cnc(NN)nc1NC(C)CCCC(C)C. The zero-order valence-corrected chi connectivity index (χ0v) is 11.8. The largest absolute Gasteiger partial charge is 0.367 e. The second kappa shape index (κ2) is 7.16. The normalized spacial score (nSPS) is 12.6. The average Bonchev–Trinajstić information content (AvgIpc) is 2.31. The molecule has 5 nitrogen and oxygen atoms in total. The molecule has 0 spiro atoms. The molecule has 0 bridgehead atoms. The number of nitrogens with zero attached hydrogens (tertiary/aromatic N) is 2. The smallest absolute Gasteiger partial charge is 0.239 e. The Morgan fingerprint density at radius 3 is 2.61 bits per heavy atom. The van der Waals surface area contributed by atoms with Gasteiger partial charge in [0.2, 0.25) is 5.95 Å². The maximum absolute atomic E-state index is 5.31. The summed E-state index contributed by atoms with van der Waals surface area (Å²) in [6, 6.07) is 0.406. The molecule has 0 aromatic carbocycles. The van der Waals surface area contributed by atoms with Crippen LogP contribution >= 0.6 is 0 Å². The predicted molar refractivity (Wildman–Crippen MR) is 76.4 cm³/mol. The van der Waals surface area contributed by atoms with Gasteiger partial charge in [-0.25, -0.2) is 10.8 Å². The molecular formula is C13H25N5. The quantitative estimate of drug-likeness (QED) is 0.513. The van der Waals surface area contributed by atoms with Crippen LogP contribution in [0.1, 0.15) is 45.6 Å². The average molecular weight is 251 g/mol. The summed E-state index contributed by atoms with van der Waals surface area (Å²) in [4.78, 5) is 8.38. The molecule has 0 saturated carbocycles. The van der Waals surface area contributed by atoms with Crippen molar-refractivity contribution >= 4 is 11.8 Å². The molecule has 1 aromatic heterocycles. The van der Waals surface area contributed by atoms with E-state index in [1.165, 1.54) is 12.8 Å². The lowest BCUT2D eigenvalue weighted by Crippen LogP contribution is -2.18. The van der Waals surface area contributed by atoms with E-state index in [0.29, 0.717) is 12.0 Å². The van der Waals surface area contributed by atoms with Crippen molar-refractivity contribution in [2.24, 2.45) is 11.8 Å². The molecule has 1 heterocycles. The number of nitrogens with two attached hydrogens (primary N) is 1. The summed E-state index contributed by atoms with van der Waals surface area (Å²) < 4.78 is 0. The predicted octanol–water partition coefficient (Wildman–Crippen LogP) is 2.70. The summed E-state index contributed by atoms with van der Waals surface area (Å²) in [6.45, 7) is 8.68. The minimum Gasteiger partial charge on any atom is -0.367 e. The van der Waals surface area contributed by atoms with E-state index in [1.807, 2.05) is 6.92 Å². The van der Waals surface area contributed by atoms with Gasteiger partial charge in [-0.1, -0.05) is 26.7 Å². The number of hydrazine groups is 1. The lowest BCUT2D eigenvalue weighted by atomic mass is 10.0. The Morgan fingerprint density at radius 1 is 1.28 bits per heavy atom. The maximum Gasteiger partial charge on any atom is 0.239 e. The molecule has 18 heavy (non-hydrogen) atoms. The van der Waals surface area contributed by atoms with Gasteiger partial charge in [-0.15, -0.1) is 0 Å². The van der Waals surface area contributed by atoms with Crippen molar-refractivity contribution in [1.29, 1.82) is 0 Å². The number of aryl methyl sites for hydroxylation is 1. The Hall–Kier alpha value is -1.36. The molecule has 0 amide bonds. The third-order valence-electron chi connectivity index (χ3n) is 2.90. The van der Waals surface area contributed by atoms with Gasteiger partial charge in [0.15, 0.2) is 0 Å². The molecule has 0 aliphatic carbocycles. The number of rotatable bonds is 7. The van der Waals surface area contributed by atoms with Crippen molar-refractivity contribution in [3.05, 3.63) is 11.8 Å². The van der Waals surface area contributed by atoms with Crippen molar-refractivity contribution in [3.63, 3.8) is 0 Å². The molecule has 0 fully saturated rings. The van der Waals surface area contributed by atoms with Crippen LogP contribution in [-0.2, 0) is 0 Å². The van der Waals surface area contributed by atoms with E-state index in [-0.39, 0.29) is 0 Å². The van der Waals surface area contributed by atoms with Gasteiger partial charge in [0, 0.05) is 17.8 Å². The molecule has 0 aliphatic rings. The fraction of sp³-hybridized carbons (Fsp3) is 0.692. The van der Waals surface area contributed by atoms with Crippen LogP contribution in [0.15, 0.2) is 6.20 Å². The number of nitrogens with one attached hydrogen (secondary N) is 2. The van der Waals surface area contributed by atoms with Crippen LogP contribution in [0.5, 0.6) is 0 Å². The highest BCUT2D eigenvalue weighted by Crippen LogP contribution is 2.16. The minimum absolute atomic E-state index is 0.406. The van der Waals surface area contributed by atoms with Crippen LogP contribution in [-0.4, -0.2) is 16.0 Å². The third-order valence-corrected chi connectivity index (χ3v) is 2.90. The van der Waals surface area contributed by atoms with E-state index in [9.17, 15) is 0 Å². The number of hydrogen-bond donors (Lipinski definition) is 3. The molecule has 4 N–H and O–H groups in total. The highest BCUT2D eigenvalue weighted by Gasteiger charge is 2.07. The fourth-order valence-corrected chi connectivity index (χ4v) is 1.80. The Labute approximate surface area is 110 Å². The van der Waals surface area contributed by atoms with Gasteiger partial charge in [0.1, 0.15) is 5.82 Å². The van der Waals surface area contributed by atoms with Gasteiger partial charge in [0.25, 0.3) is 0 Å². The van der Waals surface area contributed by atoms with Gasteiger partial charge >= 0.3 is 0 Å². The summed E-state index contributed by atoms with van der Waals surface area (Å²) in [5.74, 6) is 7.38. The van der Waals surface area contributed by atoms with Gasteiger partial charge < -0.3 is 5.32 Å². The van der Waals surface area contributed by atoms with Gasteiger partial charge in [-0.05, 0) is 26.2 Å². The molecule has 5 heteroatoms. The number of anilines is 2. The Kier molecular flexibility index (Phi) is 5.85. The molecule has 1 aromatic rings. The van der Waals surface area contributed by atoms with E-state index in [0.717, 1.165) is 23.7 Å². The van der Waals surface area contributed by atoms with Crippen LogP contribution in [0, 0.1) is 12.8 Å². The van der Waals surface area contributed by atoms with Gasteiger partial charge in [-0.2, -0.15) is 4.98 Å². The van der Waals surface area contributed by atoms with Crippen molar-refractivity contribution in [3.8, 4) is 0 Å². The van der Waals surface area contributed by atoms with Crippen LogP contribution < -0.4 is 16.6 Å². The van der Waals surface area contributed by atoms with Crippen LogP contribution in [0.4, 0.5) is 11.8 Å². The first-order valence-electron chi connectivity index (χ1n) is 6.59. The third kappa shape index (κ3) is 4.87. The standard InChI is InChI=1S/C13H25N5/c1-9(2)6-5-7-11(4)16-12-10(3)8-15-13(17-12)18-14/h8-9,11H,5-7,14H2,1-4H3,(H2,15,16,17,18). The monoisotopic (exact) mass is 251 g/mol. The van der Waals surface area contributed by atoms with Crippen molar-refractivity contribution in [2.45, 2.75) is 53.0 Å². The summed E-state index contributed by atoms with van der Waals surface area (Å²) in [7, 11) is 0. The molecular weight excluding hydrogens is 226 g/mol. The summed E-state index contributed by atoms with van der Waals surface area (Å²) in [6.07, 6.45) is 5.42. The molecule has 102 valence electrons. The molecule has 0 aliphatic heterocycles. The van der Waals surface area contributed by atoms with Gasteiger partial charge in [-0.3, -0.25) is 5.43 Å². The van der Waals surface area contributed by atoms with E-state index in [1.54, 1.807) is 6.20 Å². The number of hydrogen-bond acceptors (Lipinski definition) is 5. The number of aromatic nitrogens is 2. The molecule has 1 atom stereocenters. The Bertz CT molecular complexity index is 364. The minimum atomic E-state index is 0.406. The highest BCUT2D eigenvalue weighted by atomic mass is 15.3. The molecule has 0 saturated heterocycles. The van der Waals surface area contributed by atoms with E-state index < -0.39 is 0 Å². The Balaban J connectivity index is 2.50. The van der Waals surface area contributed by atoms with Crippen molar-refractivity contribution in [2.75, 3.05) is 10.7 Å². The zero-order chi connectivity index (χ0) is 13.5. The maximum atomic E-state index is 5.31. The summed E-state index contributed by atoms with van der Waals surface area (Å²) >= 11 is 0. The molecule has 1 unspecified atom stereocenters. The lowest BCUT2D eigenvalue weighted by Gasteiger charge is -2.16. The second-order valence-electron chi connectivity index (χ2n) is 5.24. The zero-order valence-electron chi connectivity index (χ0n) is 11.8. The number of nitrogen functional groups attached to an aromatic ring is 1. The highest BCUT2D eigenvalue weighted by molar-refractivity contribution is 5.46. The lowest BCUT2D eigenvalue weighted by molar-refractivity contribution is 0.520. The van der Waals surface area contributed by atoms with Crippen LogP contribution in [0.25, 0.3) is 0 Å². The summed E-state index contributed by atoms with van der Waals surface area (Å²) in [5, 5.41) is 3.41. The summed E-state index contributed by atoms with van der Waals surface area (Å²) in [5.41, 5.74) is 3.50. The molecule has 1 rings (SSSR count).